The summed E-state index contributed by atoms with van der Waals surface area (Å²) in [6.45, 7) is 2.91. The van der Waals surface area contributed by atoms with Gasteiger partial charge in [-0.3, -0.25) is 4.79 Å². The Bertz CT molecular complexity index is 542. The van der Waals surface area contributed by atoms with Crippen molar-refractivity contribution in [2.45, 2.75) is 30.7 Å². The quantitative estimate of drug-likeness (QED) is 0.875. The van der Waals surface area contributed by atoms with Gasteiger partial charge in [-0.2, -0.15) is 0 Å². The van der Waals surface area contributed by atoms with E-state index in [9.17, 15) is 13.2 Å². The first kappa shape index (κ1) is 14.0. The molecule has 104 valence electrons. The van der Waals surface area contributed by atoms with Crippen molar-refractivity contribution >= 4 is 15.9 Å². The third-order valence-corrected chi connectivity index (χ3v) is 4.68. The monoisotopic (exact) mass is 282 g/mol. The molecular formula is C13H18N2O3S. The minimum atomic E-state index is -3.51. The Hall–Kier alpha value is -1.40. The Morgan fingerprint density at radius 2 is 2.00 bits per heavy atom. The summed E-state index contributed by atoms with van der Waals surface area (Å²) in [6, 6.07) is 7.94. The van der Waals surface area contributed by atoms with Crippen LogP contribution in [0.5, 0.6) is 0 Å². The van der Waals surface area contributed by atoms with Crippen LogP contribution in [0.4, 0.5) is 0 Å². The van der Waals surface area contributed by atoms with Crippen molar-refractivity contribution in [3.8, 4) is 0 Å². The van der Waals surface area contributed by atoms with Gasteiger partial charge in [0.2, 0.25) is 15.9 Å². The first-order valence-electron chi connectivity index (χ1n) is 6.34. The van der Waals surface area contributed by atoms with E-state index in [-0.39, 0.29) is 16.8 Å². The molecule has 2 rings (SSSR count). The van der Waals surface area contributed by atoms with E-state index in [0.29, 0.717) is 13.0 Å². The number of hydrogen-bond acceptors (Lipinski definition) is 3. The number of sulfonamides is 1. The summed E-state index contributed by atoms with van der Waals surface area (Å²) >= 11 is 0. The Balaban J connectivity index is 1.98. The van der Waals surface area contributed by atoms with E-state index >= 15 is 0 Å². The van der Waals surface area contributed by atoms with Crippen LogP contribution in [0, 0.1) is 0 Å². The molecule has 1 N–H and O–H groups in total. The molecule has 1 fully saturated rings. The summed E-state index contributed by atoms with van der Waals surface area (Å²) < 4.78 is 26.8. The standard InChI is InChI=1S/C13H18N2O3S/c1-11(10-15-9-5-8-13(15)16)14-19(17,18)12-6-3-2-4-7-12/h2-4,6-7,11,14H,5,8-10H2,1H3. The summed E-state index contributed by atoms with van der Waals surface area (Å²) in [5.41, 5.74) is 0. The number of nitrogens with one attached hydrogen (secondary N) is 1. The fourth-order valence-corrected chi connectivity index (χ4v) is 3.45. The molecule has 1 amide bonds. The van der Waals surface area contributed by atoms with Crippen molar-refractivity contribution in [1.29, 1.82) is 0 Å². The molecule has 1 aliphatic heterocycles. The van der Waals surface area contributed by atoms with Crippen molar-refractivity contribution in [3.05, 3.63) is 30.3 Å². The number of rotatable bonds is 5. The molecule has 6 heteroatoms. The van der Waals surface area contributed by atoms with Crippen molar-refractivity contribution in [2.24, 2.45) is 0 Å². The van der Waals surface area contributed by atoms with Crippen LogP contribution >= 0.6 is 0 Å². The molecule has 1 atom stereocenters. The predicted octanol–water partition coefficient (Wildman–Crippen LogP) is 0.976. The molecule has 1 aromatic rings. The molecule has 1 unspecified atom stereocenters. The second-order valence-corrected chi connectivity index (χ2v) is 6.49. The highest BCUT2D eigenvalue weighted by atomic mass is 32.2. The molecule has 5 nitrogen and oxygen atoms in total. The first-order chi connectivity index (χ1) is 8.99. The molecule has 1 saturated heterocycles. The van der Waals surface area contributed by atoms with Crippen LogP contribution in [-0.2, 0) is 14.8 Å². The second-order valence-electron chi connectivity index (χ2n) is 4.78. The molecule has 19 heavy (non-hydrogen) atoms. The molecule has 1 heterocycles. The maximum Gasteiger partial charge on any atom is 0.240 e. The highest BCUT2D eigenvalue weighted by molar-refractivity contribution is 7.89. The smallest absolute Gasteiger partial charge is 0.240 e. The van der Waals surface area contributed by atoms with Crippen LogP contribution < -0.4 is 4.72 Å². The lowest BCUT2D eigenvalue weighted by molar-refractivity contribution is -0.127. The average molecular weight is 282 g/mol. The third kappa shape index (κ3) is 3.54. The zero-order valence-corrected chi connectivity index (χ0v) is 11.7. The topological polar surface area (TPSA) is 66.5 Å². The van der Waals surface area contributed by atoms with Crippen LogP contribution in [0.25, 0.3) is 0 Å². The van der Waals surface area contributed by atoms with E-state index in [1.165, 1.54) is 0 Å². The van der Waals surface area contributed by atoms with Gasteiger partial charge in [-0.15, -0.1) is 0 Å². The third-order valence-electron chi connectivity index (χ3n) is 3.08. The highest BCUT2D eigenvalue weighted by Gasteiger charge is 2.24. The molecular weight excluding hydrogens is 264 g/mol. The first-order valence-corrected chi connectivity index (χ1v) is 7.82. The van der Waals surface area contributed by atoms with Gasteiger partial charge in [0.1, 0.15) is 0 Å². The molecule has 0 saturated carbocycles. The summed E-state index contributed by atoms with van der Waals surface area (Å²) in [7, 11) is -3.51. The number of hydrogen-bond donors (Lipinski definition) is 1. The number of amides is 1. The van der Waals surface area contributed by atoms with Crippen molar-refractivity contribution < 1.29 is 13.2 Å². The molecule has 0 aromatic heterocycles. The Morgan fingerprint density at radius 3 is 2.58 bits per heavy atom. The predicted molar refractivity (Wildman–Crippen MR) is 72.0 cm³/mol. The zero-order valence-electron chi connectivity index (χ0n) is 10.9. The van der Waals surface area contributed by atoms with E-state index < -0.39 is 10.0 Å². The number of carbonyl (C=O) groups excluding carboxylic acids is 1. The van der Waals surface area contributed by atoms with Crippen molar-refractivity contribution in [3.63, 3.8) is 0 Å². The minimum Gasteiger partial charge on any atom is -0.341 e. The highest BCUT2D eigenvalue weighted by Crippen LogP contribution is 2.12. The maximum atomic E-state index is 12.1. The molecule has 1 aliphatic rings. The fraction of sp³-hybridized carbons (Fsp3) is 0.462. The molecule has 0 aliphatic carbocycles. The average Bonchev–Trinajstić information content (AvgIpc) is 2.75. The maximum absolute atomic E-state index is 12.1. The van der Waals surface area contributed by atoms with Crippen LogP contribution in [0.1, 0.15) is 19.8 Å². The van der Waals surface area contributed by atoms with Gasteiger partial charge in [-0.25, -0.2) is 13.1 Å². The van der Waals surface area contributed by atoms with E-state index in [4.69, 9.17) is 0 Å². The fourth-order valence-electron chi connectivity index (χ4n) is 2.20. The number of nitrogens with zero attached hydrogens (tertiary/aromatic N) is 1. The minimum absolute atomic E-state index is 0.103. The molecule has 0 radical (unpaired) electrons. The summed E-state index contributed by atoms with van der Waals surface area (Å²) in [5.74, 6) is 0.103. The number of carbonyl (C=O) groups is 1. The summed E-state index contributed by atoms with van der Waals surface area (Å²) in [5, 5.41) is 0. The summed E-state index contributed by atoms with van der Waals surface area (Å²) in [6.07, 6.45) is 1.43. The van der Waals surface area contributed by atoms with Crippen LogP contribution in [0.3, 0.4) is 0 Å². The largest absolute Gasteiger partial charge is 0.341 e. The van der Waals surface area contributed by atoms with Gasteiger partial charge in [0.05, 0.1) is 4.90 Å². The van der Waals surface area contributed by atoms with E-state index in [1.807, 2.05) is 0 Å². The van der Waals surface area contributed by atoms with Gasteiger partial charge in [0.15, 0.2) is 0 Å². The van der Waals surface area contributed by atoms with Crippen LogP contribution in [-0.4, -0.2) is 38.4 Å². The van der Waals surface area contributed by atoms with Crippen molar-refractivity contribution in [1.82, 2.24) is 9.62 Å². The van der Waals surface area contributed by atoms with Gasteiger partial charge in [-0.05, 0) is 25.5 Å². The Kier molecular flexibility index (Phi) is 4.21. The number of benzene rings is 1. The zero-order chi connectivity index (χ0) is 13.9. The van der Waals surface area contributed by atoms with Gasteiger partial charge >= 0.3 is 0 Å². The van der Waals surface area contributed by atoms with Crippen LogP contribution in [0.2, 0.25) is 0 Å². The summed E-state index contributed by atoms with van der Waals surface area (Å²) in [4.78, 5) is 13.4. The van der Waals surface area contributed by atoms with E-state index in [1.54, 1.807) is 42.2 Å². The van der Waals surface area contributed by atoms with Crippen molar-refractivity contribution in [2.75, 3.05) is 13.1 Å². The van der Waals surface area contributed by atoms with Gasteiger partial charge < -0.3 is 4.90 Å². The van der Waals surface area contributed by atoms with E-state index in [2.05, 4.69) is 4.72 Å². The van der Waals surface area contributed by atoms with Gasteiger partial charge in [0, 0.05) is 25.6 Å². The Morgan fingerprint density at radius 1 is 1.32 bits per heavy atom. The number of likely N-dealkylation sites (tertiary alicyclic amines) is 1. The van der Waals surface area contributed by atoms with Gasteiger partial charge in [0.25, 0.3) is 0 Å². The second kappa shape index (κ2) is 5.71. The molecule has 1 aromatic carbocycles. The normalized spacial score (nSPS) is 17.7. The van der Waals surface area contributed by atoms with Gasteiger partial charge in [-0.1, -0.05) is 18.2 Å². The molecule has 0 spiro atoms. The lowest BCUT2D eigenvalue weighted by Crippen LogP contribution is -2.42. The lowest BCUT2D eigenvalue weighted by atomic mass is 10.3. The SMILES string of the molecule is CC(CN1CCCC1=O)NS(=O)(=O)c1ccccc1. The van der Waals surface area contributed by atoms with E-state index in [0.717, 1.165) is 13.0 Å². The lowest BCUT2D eigenvalue weighted by Gasteiger charge is -2.21. The van der Waals surface area contributed by atoms with Crippen LogP contribution in [0.15, 0.2) is 35.2 Å². The Labute approximate surface area is 113 Å². The molecule has 0 bridgehead atoms.